The Labute approximate surface area is 158 Å². The summed E-state index contributed by atoms with van der Waals surface area (Å²) in [6.45, 7) is 1.08. The van der Waals surface area contributed by atoms with E-state index in [-0.39, 0.29) is 0 Å². The zero-order valence-electron chi connectivity index (χ0n) is 14.0. The van der Waals surface area contributed by atoms with Gasteiger partial charge in [0, 0.05) is 22.3 Å². The molecule has 134 valence electrons. The van der Waals surface area contributed by atoms with E-state index in [1.165, 1.54) is 6.33 Å². The summed E-state index contributed by atoms with van der Waals surface area (Å²) in [5, 5.41) is 8.79. The van der Waals surface area contributed by atoms with Crippen molar-refractivity contribution in [2.45, 2.75) is 0 Å². The molecule has 0 atom stereocenters. The Kier molecular flexibility index (Phi) is 3.79. The Hall–Kier alpha value is -3.32. The van der Waals surface area contributed by atoms with Crippen LogP contribution < -0.4 is 14.8 Å². The first-order chi connectivity index (χ1) is 13.3. The molecule has 0 saturated carbocycles. The molecule has 0 spiro atoms. The maximum Gasteiger partial charge on any atom is 0.263 e. The molecule has 8 heteroatoms. The van der Waals surface area contributed by atoms with Crippen molar-refractivity contribution in [3.8, 4) is 22.8 Å². The summed E-state index contributed by atoms with van der Waals surface area (Å²) in [4.78, 5) is 8.54. The Balaban J connectivity index is 1.57. The van der Waals surface area contributed by atoms with Gasteiger partial charge in [-0.3, -0.25) is 0 Å². The lowest BCUT2D eigenvalue weighted by Gasteiger charge is -2.19. The van der Waals surface area contributed by atoms with Crippen LogP contribution in [-0.2, 0) is 0 Å². The molecule has 0 aliphatic carbocycles. The van der Waals surface area contributed by atoms with Gasteiger partial charge in [-0.2, -0.15) is 4.98 Å². The second-order valence-electron chi connectivity index (χ2n) is 5.92. The van der Waals surface area contributed by atoms with Gasteiger partial charge in [-0.1, -0.05) is 28.9 Å². The number of halogens is 1. The van der Waals surface area contributed by atoms with Crippen LogP contribution in [0.5, 0.6) is 11.5 Å². The predicted molar refractivity (Wildman–Crippen MR) is 101 cm³/mol. The highest BCUT2D eigenvalue weighted by atomic mass is 35.5. The Morgan fingerprint density at radius 3 is 2.59 bits per heavy atom. The zero-order chi connectivity index (χ0) is 18.2. The third kappa shape index (κ3) is 2.92. The molecular weight excluding hydrogens is 368 g/mol. The highest BCUT2D eigenvalue weighted by Gasteiger charge is 2.18. The van der Waals surface area contributed by atoms with Crippen molar-refractivity contribution in [3.05, 3.63) is 53.8 Å². The third-order valence-electron chi connectivity index (χ3n) is 4.20. The number of ether oxygens (including phenoxy) is 2. The first kappa shape index (κ1) is 15.9. The molecule has 3 heterocycles. The van der Waals surface area contributed by atoms with Gasteiger partial charge in [0.05, 0.1) is 0 Å². The minimum atomic E-state index is 0.398. The van der Waals surface area contributed by atoms with E-state index in [9.17, 15) is 0 Å². The van der Waals surface area contributed by atoms with Crippen molar-refractivity contribution in [2.24, 2.45) is 0 Å². The van der Waals surface area contributed by atoms with Crippen molar-refractivity contribution in [3.63, 3.8) is 0 Å². The number of hydrogen-bond acceptors (Lipinski definition) is 7. The fourth-order valence-corrected chi connectivity index (χ4v) is 3.07. The Morgan fingerprint density at radius 1 is 0.926 bits per heavy atom. The number of nitrogens with one attached hydrogen (secondary N) is 1. The number of benzene rings is 2. The number of nitrogens with zero attached hydrogens (tertiary/aromatic N) is 3. The molecule has 0 fully saturated rings. The molecule has 0 unspecified atom stereocenters. The molecule has 27 heavy (non-hydrogen) atoms. The van der Waals surface area contributed by atoms with Crippen molar-refractivity contribution >= 4 is 34.2 Å². The lowest BCUT2D eigenvalue weighted by Crippen LogP contribution is -2.15. The van der Waals surface area contributed by atoms with Crippen molar-refractivity contribution in [2.75, 3.05) is 18.5 Å². The lowest BCUT2D eigenvalue weighted by atomic mass is 10.1. The molecule has 2 aromatic heterocycles. The molecule has 4 aromatic rings. The minimum Gasteiger partial charge on any atom is -0.486 e. The van der Waals surface area contributed by atoms with Gasteiger partial charge in [-0.25, -0.2) is 4.98 Å². The van der Waals surface area contributed by atoms with Crippen LogP contribution in [0.2, 0.25) is 5.02 Å². The zero-order valence-corrected chi connectivity index (χ0v) is 14.7. The number of rotatable bonds is 3. The lowest BCUT2D eigenvalue weighted by molar-refractivity contribution is 0.171. The SMILES string of the molecule is Clc1ccc(-c2noc3ncnc(Nc4ccc5c(c4)OCCO5)c23)cc1. The highest BCUT2D eigenvalue weighted by Crippen LogP contribution is 2.36. The van der Waals surface area contributed by atoms with Crippen LogP contribution in [0.1, 0.15) is 0 Å². The third-order valence-corrected chi connectivity index (χ3v) is 4.45. The fourth-order valence-electron chi connectivity index (χ4n) is 2.94. The maximum absolute atomic E-state index is 5.98. The van der Waals surface area contributed by atoms with E-state index < -0.39 is 0 Å². The number of fused-ring (bicyclic) bond motifs is 2. The molecule has 5 rings (SSSR count). The summed E-state index contributed by atoms with van der Waals surface area (Å²) in [6, 6.07) is 13.0. The van der Waals surface area contributed by atoms with Gasteiger partial charge in [0.25, 0.3) is 5.71 Å². The van der Waals surface area contributed by atoms with Crippen LogP contribution >= 0.6 is 11.6 Å². The van der Waals surface area contributed by atoms with E-state index in [2.05, 4.69) is 20.4 Å². The van der Waals surface area contributed by atoms with Gasteiger partial charge in [-0.05, 0) is 24.3 Å². The quantitative estimate of drug-likeness (QED) is 0.562. The molecule has 7 nitrogen and oxygen atoms in total. The molecule has 1 aliphatic rings. The monoisotopic (exact) mass is 380 g/mol. The predicted octanol–water partition coefficient (Wildman–Crippen LogP) is 4.45. The van der Waals surface area contributed by atoms with Crippen LogP contribution in [0.3, 0.4) is 0 Å². The van der Waals surface area contributed by atoms with E-state index in [1.54, 1.807) is 12.1 Å². The van der Waals surface area contributed by atoms with Crippen LogP contribution in [-0.4, -0.2) is 28.3 Å². The summed E-state index contributed by atoms with van der Waals surface area (Å²) in [7, 11) is 0. The molecule has 1 N–H and O–H groups in total. The van der Waals surface area contributed by atoms with Crippen molar-refractivity contribution < 1.29 is 14.0 Å². The van der Waals surface area contributed by atoms with Crippen LogP contribution in [0, 0.1) is 0 Å². The van der Waals surface area contributed by atoms with Crippen LogP contribution in [0.25, 0.3) is 22.4 Å². The smallest absolute Gasteiger partial charge is 0.263 e. The summed E-state index contributed by atoms with van der Waals surface area (Å²) in [5.74, 6) is 2.01. The normalized spacial score (nSPS) is 12.9. The summed E-state index contributed by atoms with van der Waals surface area (Å²) < 4.78 is 16.6. The van der Waals surface area contributed by atoms with E-state index in [0.717, 1.165) is 17.0 Å². The molecule has 0 radical (unpaired) electrons. The van der Waals surface area contributed by atoms with Crippen molar-refractivity contribution in [1.29, 1.82) is 0 Å². The molecule has 2 aromatic carbocycles. The second kappa shape index (κ2) is 6.44. The molecule has 0 amide bonds. The summed E-state index contributed by atoms with van der Waals surface area (Å²) in [5.41, 5.74) is 2.71. The fraction of sp³-hybridized carbons (Fsp3) is 0.105. The Bertz CT molecular complexity index is 1130. The standard InChI is InChI=1S/C19H13ClN4O3/c20-12-3-1-11(2-4-12)17-16-18(21-10-22-19(16)27-24-17)23-13-5-6-14-15(9-13)26-8-7-25-14/h1-6,9-10H,7-8H2,(H,21,22,23). The van der Waals surface area contributed by atoms with Gasteiger partial charge in [-0.15, -0.1) is 0 Å². The summed E-state index contributed by atoms with van der Waals surface area (Å²) >= 11 is 5.98. The average Bonchev–Trinajstić information content (AvgIpc) is 3.14. The molecule has 0 saturated heterocycles. The van der Waals surface area contributed by atoms with Gasteiger partial charge < -0.3 is 19.3 Å². The summed E-state index contributed by atoms with van der Waals surface area (Å²) in [6.07, 6.45) is 1.43. The average molecular weight is 381 g/mol. The first-order valence-electron chi connectivity index (χ1n) is 8.31. The second-order valence-corrected chi connectivity index (χ2v) is 6.36. The number of hydrogen-bond donors (Lipinski definition) is 1. The molecule has 1 aliphatic heterocycles. The van der Waals surface area contributed by atoms with Crippen LogP contribution in [0.15, 0.2) is 53.3 Å². The Morgan fingerprint density at radius 2 is 1.74 bits per heavy atom. The topological polar surface area (TPSA) is 82.3 Å². The van der Waals surface area contributed by atoms with E-state index in [0.29, 0.717) is 46.6 Å². The number of aromatic nitrogens is 3. The van der Waals surface area contributed by atoms with Gasteiger partial charge in [0.1, 0.15) is 36.4 Å². The minimum absolute atomic E-state index is 0.398. The number of anilines is 2. The molecular formula is C19H13ClN4O3. The van der Waals surface area contributed by atoms with E-state index >= 15 is 0 Å². The first-order valence-corrected chi connectivity index (χ1v) is 8.69. The van der Waals surface area contributed by atoms with Gasteiger partial charge in [0.15, 0.2) is 11.5 Å². The van der Waals surface area contributed by atoms with Crippen molar-refractivity contribution in [1.82, 2.24) is 15.1 Å². The highest BCUT2D eigenvalue weighted by molar-refractivity contribution is 6.30. The van der Waals surface area contributed by atoms with Crippen LogP contribution in [0.4, 0.5) is 11.5 Å². The maximum atomic E-state index is 5.98. The van der Waals surface area contributed by atoms with E-state index in [4.69, 9.17) is 25.6 Å². The largest absolute Gasteiger partial charge is 0.486 e. The molecule has 0 bridgehead atoms. The van der Waals surface area contributed by atoms with Gasteiger partial charge >= 0.3 is 0 Å². The van der Waals surface area contributed by atoms with Gasteiger partial charge in [0.2, 0.25) is 0 Å². The van der Waals surface area contributed by atoms with E-state index in [1.807, 2.05) is 30.3 Å².